The van der Waals surface area contributed by atoms with E-state index in [1.807, 2.05) is 18.2 Å². The lowest BCUT2D eigenvalue weighted by molar-refractivity contribution is -0.118. The highest BCUT2D eigenvalue weighted by Crippen LogP contribution is 2.37. The number of thioether (sulfide) groups is 1. The molecule has 6 nitrogen and oxygen atoms in total. The smallest absolute Gasteiger partial charge is 0.298 e. The van der Waals surface area contributed by atoms with Crippen LogP contribution in [-0.2, 0) is 9.59 Å². The van der Waals surface area contributed by atoms with Crippen molar-refractivity contribution in [2.75, 3.05) is 16.8 Å². The molecular weight excluding hydrogens is 528 g/mol. The predicted molar refractivity (Wildman–Crippen MR) is 135 cm³/mol. The molecule has 1 aliphatic rings. The van der Waals surface area contributed by atoms with E-state index in [-0.39, 0.29) is 17.8 Å². The number of imide groups is 1. The Balaban J connectivity index is 1.42. The van der Waals surface area contributed by atoms with Gasteiger partial charge in [0.15, 0.2) is 6.61 Å². The van der Waals surface area contributed by atoms with Crippen molar-refractivity contribution in [2.24, 2.45) is 0 Å². The summed E-state index contributed by atoms with van der Waals surface area (Å²) in [5.41, 5.74) is 1.85. The molecule has 4 rings (SSSR count). The van der Waals surface area contributed by atoms with Gasteiger partial charge in [0, 0.05) is 10.7 Å². The lowest BCUT2D eigenvalue weighted by Crippen LogP contribution is -2.27. The Morgan fingerprint density at radius 3 is 2.48 bits per heavy atom. The van der Waals surface area contributed by atoms with Crippen molar-refractivity contribution in [3.63, 3.8) is 0 Å². The molecule has 1 heterocycles. The lowest BCUT2D eigenvalue weighted by atomic mass is 10.2. The summed E-state index contributed by atoms with van der Waals surface area (Å²) in [7, 11) is 0. The minimum absolute atomic E-state index is 0.160. The summed E-state index contributed by atoms with van der Waals surface area (Å²) in [6.07, 6.45) is 1.64. The van der Waals surface area contributed by atoms with Crippen LogP contribution in [0.25, 0.3) is 6.08 Å². The molecule has 0 unspecified atom stereocenters. The number of hydrogen-bond acceptors (Lipinski definition) is 5. The van der Waals surface area contributed by atoms with Crippen molar-refractivity contribution in [3.05, 3.63) is 92.8 Å². The Bertz CT molecular complexity index is 1250. The van der Waals surface area contributed by atoms with Crippen molar-refractivity contribution in [1.82, 2.24) is 0 Å². The molecule has 0 aliphatic carbocycles. The van der Waals surface area contributed by atoms with E-state index in [9.17, 15) is 14.4 Å². The number of benzene rings is 3. The molecule has 3 aromatic rings. The zero-order valence-electron chi connectivity index (χ0n) is 17.0. The summed E-state index contributed by atoms with van der Waals surface area (Å²) >= 11 is 10.2. The number of nitrogens with zero attached hydrogens (tertiary/aromatic N) is 1. The second-order valence-electron chi connectivity index (χ2n) is 6.89. The Labute approximate surface area is 207 Å². The normalized spacial score (nSPS) is 14.6. The van der Waals surface area contributed by atoms with Gasteiger partial charge in [-0.3, -0.25) is 14.4 Å². The molecule has 0 bridgehead atoms. The minimum atomic E-state index is -0.402. The molecule has 33 heavy (non-hydrogen) atoms. The molecule has 1 N–H and O–H groups in total. The minimum Gasteiger partial charge on any atom is -0.483 e. The van der Waals surface area contributed by atoms with Gasteiger partial charge in [0.2, 0.25) is 0 Å². The molecule has 0 radical (unpaired) electrons. The van der Waals surface area contributed by atoms with Crippen LogP contribution in [0.1, 0.15) is 5.56 Å². The van der Waals surface area contributed by atoms with Gasteiger partial charge in [-0.2, -0.15) is 0 Å². The molecule has 1 saturated heterocycles. The van der Waals surface area contributed by atoms with Gasteiger partial charge < -0.3 is 10.1 Å². The molecule has 0 spiro atoms. The molecule has 1 aliphatic heterocycles. The number of amides is 3. The van der Waals surface area contributed by atoms with E-state index in [1.54, 1.807) is 60.7 Å². The quantitative estimate of drug-likeness (QED) is 0.366. The summed E-state index contributed by atoms with van der Waals surface area (Å²) in [5.74, 6) is -0.209. The van der Waals surface area contributed by atoms with E-state index in [0.717, 1.165) is 16.7 Å². The van der Waals surface area contributed by atoms with E-state index in [4.69, 9.17) is 16.3 Å². The fourth-order valence-corrected chi connectivity index (χ4v) is 4.50. The van der Waals surface area contributed by atoms with Crippen molar-refractivity contribution in [1.29, 1.82) is 0 Å². The number of nitrogens with one attached hydrogen (secondary N) is 1. The molecular formula is C24H16BrClN2O4S. The van der Waals surface area contributed by atoms with Crippen LogP contribution in [0, 0.1) is 0 Å². The Hall–Kier alpha value is -3.07. The Morgan fingerprint density at radius 1 is 1.06 bits per heavy atom. The van der Waals surface area contributed by atoms with Gasteiger partial charge in [-0.25, -0.2) is 4.90 Å². The standard InChI is InChI=1S/C24H16BrClN2O4S/c25-19-12-15(6-11-20(19)32-14-22(29)27-17-4-2-1-3-5-17)13-21-23(30)28(24(31)33-21)18-9-7-16(26)8-10-18/h1-13H,14H2,(H,27,29)/b21-13+. The van der Waals surface area contributed by atoms with E-state index in [0.29, 0.717) is 37.1 Å². The van der Waals surface area contributed by atoms with E-state index < -0.39 is 5.91 Å². The maximum absolute atomic E-state index is 12.8. The lowest BCUT2D eigenvalue weighted by Gasteiger charge is -2.12. The van der Waals surface area contributed by atoms with E-state index >= 15 is 0 Å². The first kappa shape index (κ1) is 23.1. The number of anilines is 2. The number of carbonyl (C=O) groups is 3. The Kier molecular flexibility index (Phi) is 7.17. The van der Waals surface area contributed by atoms with Crippen molar-refractivity contribution in [3.8, 4) is 5.75 Å². The maximum atomic E-state index is 12.8. The SMILES string of the molecule is O=C(COc1ccc(/C=C2/SC(=O)N(c3ccc(Cl)cc3)C2=O)cc1Br)Nc1ccccc1. The van der Waals surface area contributed by atoms with Gasteiger partial charge >= 0.3 is 0 Å². The van der Waals surface area contributed by atoms with Crippen LogP contribution in [0.4, 0.5) is 16.2 Å². The topological polar surface area (TPSA) is 75.7 Å². The first-order chi connectivity index (χ1) is 15.9. The van der Waals surface area contributed by atoms with E-state index in [1.165, 1.54) is 0 Å². The summed E-state index contributed by atoms with van der Waals surface area (Å²) < 4.78 is 6.21. The average Bonchev–Trinajstić information content (AvgIpc) is 3.07. The number of para-hydroxylation sites is 1. The second kappa shape index (κ2) is 10.2. The number of halogens is 2. The molecule has 3 aromatic carbocycles. The summed E-state index contributed by atoms with van der Waals surface area (Å²) in [4.78, 5) is 38.7. The van der Waals surface area contributed by atoms with Gasteiger partial charge in [-0.15, -0.1) is 0 Å². The van der Waals surface area contributed by atoms with Crippen molar-refractivity contribution in [2.45, 2.75) is 0 Å². The molecule has 166 valence electrons. The number of hydrogen-bond donors (Lipinski definition) is 1. The van der Waals surface area contributed by atoms with Gasteiger partial charge in [0.05, 0.1) is 15.1 Å². The molecule has 0 atom stereocenters. The zero-order chi connectivity index (χ0) is 23.4. The van der Waals surface area contributed by atoms with Crippen LogP contribution in [-0.4, -0.2) is 23.7 Å². The van der Waals surface area contributed by atoms with Crippen LogP contribution in [0.5, 0.6) is 5.75 Å². The third kappa shape index (κ3) is 5.65. The van der Waals surface area contributed by atoms with Crippen LogP contribution in [0.3, 0.4) is 0 Å². The number of ether oxygens (including phenoxy) is 1. The van der Waals surface area contributed by atoms with E-state index in [2.05, 4.69) is 21.2 Å². The zero-order valence-corrected chi connectivity index (χ0v) is 20.1. The fourth-order valence-electron chi connectivity index (χ4n) is 3.02. The number of carbonyl (C=O) groups excluding carboxylic acids is 3. The van der Waals surface area contributed by atoms with Crippen LogP contribution >= 0.6 is 39.3 Å². The highest BCUT2D eigenvalue weighted by molar-refractivity contribution is 9.10. The van der Waals surface area contributed by atoms with Crippen LogP contribution in [0.2, 0.25) is 5.02 Å². The van der Waals surface area contributed by atoms with Crippen LogP contribution < -0.4 is 15.0 Å². The monoisotopic (exact) mass is 542 g/mol. The van der Waals surface area contributed by atoms with Crippen LogP contribution in [0.15, 0.2) is 82.2 Å². The predicted octanol–water partition coefficient (Wildman–Crippen LogP) is 6.36. The largest absolute Gasteiger partial charge is 0.483 e. The first-order valence-corrected chi connectivity index (χ1v) is 11.7. The molecule has 9 heteroatoms. The third-order valence-electron chi connectivity index (χ3n) is 4.55. The summed E-state index contributed by atoms with van der Waals surface area (Å²) in [5, 5.41) is 2.89. The molecule has 0 aromatic heterocycles. The molecule has 1 fully saturated rings. The molecule has 3 amide bonds. The van der Waals surface area contributed by atoms with Crippen molar-refractivity contribution < 1.29 is 19.1 Å². The second-order valence-corrected chi connectivity index (χ2v) is 9.17. The summed E-state index contributed by atoms with van der Waals surface area (Å²) in [6.45, 7) is -0.160. The number of rotatable bonds is 6. The third-order valence-corrected chi connectivity index (χ3v) is 6.29. The average molecular weight is 544 g/mol. The van der Waals surface area contributed by atoms with Gasteiger partial charge in [-0.05, 0) is 87.9 Å². The first-order valence-electron chi connectivity index (χ1n) is 9.71. The van der Waals surface area contributed by atoms with Gasteiger partial charge in [0.1, 0.15) is 5.75 Å². The highest BCUT2D eigenvalue weighted by Gasteiger charge is 2.36. The van der Waals surface area contributed by atoms with Gasteiger partial charge in [-0.1, -0.05) is 35.9 Å². The maximum Gasteiger partial charge on any atom is 0.298 e. The fraction of sp³-hybridized carbons (Fsp3) is 0.0417. The van der Waals surface area contributed by atoms with Crippen molar-refractivity contribution >= 4 is 73.8 Å². The Morgan fingerprint density at radius 2 is 1.79 bits per heavy atom. The van der Waals surface area contributed by atoms with Gasteiger partial charge in [0.25, 0.3) is 17.1 Å². The molecule has 0 saturated carbocycles. The highest BCUT2D eigenvalue weighted by atomic mass is 79.9. The summed E-state index contributed by atoms with van der Waals surface area (Å²) in [6, 6.07) is 20.8.